The van der Waals surface area contributed by atoms with E-state index in [1.165, 1.54) is 0 Å². The number of nitrogens with zero attached hydrogens (tertiary/aromatic N) is 1. The molecule has 0 spiro atoms. The molecule has 0 radical (unpaired) electrons. The Kier molecular flexibility index (Phi) is 7.91. The SMILES string of the molecule is C[C@H]1C[C@@H](C(=O)Nc2ccc(CCC(=O)N3CCCC3)cc2)CCN1.Cl. The molecule has 0 bridgehead atoms. The van der Waals surface area contributed by atoms with Crippen LogP contribution in [0.5, 0.6) is 0 Å². The quantitative estimate of drug-likeness (QED) is 0.826. The predicted octanol–water partition coefficient (Wildman–Crippen LogP) is 2.99. The minimum absolute atomic E-state index is 0. The molecule has 1 aromatic carbocycles. The van der Waals surface area contributed by atoms with Gasteiger partial charge in [-0.1, -0.05) is 12.1 Å². The molecule has 0 aliphatic carbocycles. The Morgan fingerprint density at radius 2 is 1.88 bits per heavy atom. The van der Waals surface area contributed by atoms with E-state index in [-0.39, 0.29) is 30.1 Å². The first-order chi connectivity index (χ1) is 12.1. The van der Waals surface area contributed by atoms with Crippen molar-refractivity contribution in [1.82, 2.24) is 10.2 Å². The average Bonchev–Trinajstić information content (AvgIpc) is 3.15. The third-order valence-electron chi connectivity index (χ3n) is 5.30. The number of rotatable bonds is 5. The lowest BCUT2D eigenvalue weighted by Gasteiger charge is -2.27. The molecule has 2 N–H and O–H groups in total. The molecule has 2 fully saturated rings. The standard InChI is InChI=1S/C20H29N3O2.ClH/c1-15-14-17(10-11-21-15)20(25)22-18-7-4-16(5-8-18)6-9-19(24)23-12-2-3-13-23;/h4-5,7-8,15,17,21H,2-3,6,9-14H2,1H3,(H,22,25);1H/t15-,17-;/m0./s1. The summed E-state index contributed by atoms with van der Waals surface area (Å²) in [7, 11) is 0. The topological polar surface area (TPSA) is 61.4 Å². The highest BCUT2D eigenvalue weighted by Gasteiger charge is 2.24. The van der Waals surface area contributed by atoms with E-state index in [0.717, 1.165) is 63.0 Å². The van der Waals surface area contributed by atoms with Crippen molar-refractivity contribution in [3.8, 4) is 0 Å². The smallest absolute Gasteiger partial charge is 0.227 e. The number of anilines is 1. The second-order valence-electron chi connectivity index (χ2n) is 7.35. The van der Waals surface area contributed by atoms with Crippen molar-refractivity contribution in [3.63, 3.8) is 0 Å². The first kappa shape index (κ1) is 20.7. The Bertz CT molecular complexity index is 600. The lowest BCUT2D eigenvalue weighted by Crippen LogP contribution is -2.40. The van der Waals surface area contributed by atoms with E-state index in [0.29, 0.717) is 12.5 Å². The molecule has 1 aromatic rings. The summed E-state index contributed by atoms with van der Waals surface area (Å²) in [4.78, 5) is 26.4. The van der Waals surface area contributed by atoms with Crippen molar-refractivity contribution in [1.29, 1.82) is 0 Å². The molecule has 0 aromatic heterocycles. The third-order valence-corrected chi connectivity index (χ3v) is 5.30. The second kappa shape index (κ2) is 9.93. The molecule has 2 atom stereocenters. The molecular formula is C20H30ClN3O2. The number of hydrogen-bond donors (Lipinski definition) is 2. The summed E-state index contributed by atoms with van der Waals surface area (Å²) < 4.78 is 0. The highest BCUT2D eigenvalue weighted by atomic mass is 35.5. The Hall–Kier alpha value is -1.59. The molecule has 5 nitrogen and oxygen atoms in total. The van der Waals surface area contributed by atoms with Gasteiger partial charge in [0, 0.05) is 37.2 Å². The monoisotopic (exact) mass is 379 g/mol. The fourth-order valence-corrected chi connectivity index (χ4v) is 3.75. The lowest BCUT2D eigenvalue weighted by atomic mass is 9.92. The highest BCUT2D eigenvalue weighted by molar-refractivity contribution is 5.92. The molecule has 2 aliphatic heterocycles. The number of piperidine rings is 1. The van der Waals surface area contributed by atoms with Gasteiger partial charge in [0.2, 0.25) is 11.8 Å². The number of nitrogens with one attached hydrogen (secondary N) is 2. The van der Waals surface area contributed by atoms with Gasteiger partial charge in [-0.2, -0.15) is 0 Å². The van der Waals surface area contributed by atoms with Gasteiger partial charge in [-0.15, -0.1) is 12.4 Å². The molecule has 6 heteroatoms. The first-order valence-electron chi connectivity index (χ1n) is 9.53. The molecular weight excluding hydrogens is 350 g/mol. The minimum Gasteiger partial charge on any atom is -0.343 e. The van der Waals surface area contributed by atoms with Gasteiger partial charge in [0.25, 0.3) is 0 Å². The van der Waals surface area contributed by atoms with Gasteiger partial charge in [0.15, 0.2) is 0 Å². The summed E-state index contributed by atoms with van der Waals surface area (Å²) in [6, 6.07) is 8.31. The van der Waals surface area contributed by atoms with Crippen LogP contribution in [0.25, 0.3) is 0 Å². The summed E-state index contributed by atoms with van der Waals surface area (Å²) in [6.07, 6.45) is 5.38. The zero-order valence-corrected chi connectivity index (χ0v) is 16.3. The summed E-state index contributed by atoms with van der Waals surface area (Å²) in [6.45, 7) is 4.86. The van der Waals surface area contributed by atoms with Crippen LogP contribution in [0.2, 0.25) is 0 Å². The van der Waals surface area contributed by atoms with Gasteiger partial charge in [0.1, 0.15) is 0 Å². The number of amides is 2. The number of aryl methyl sites for hydroxylation is 1. The van der Waals surface area contributed by atoms with Crippen molar-refractivity contribution in [2.75, 3.05) is 25.0 Å². The van der Waals surface area contributed by atoms with Crippen LogP contribution >= 0.6 is 12.4 Å². The maximum Gasteiger partial charge on any atom is 0.227 e. The van der Waals surface area contributed by atoms with Gasteiger partial charge in [0.05, 0.1) is 0 Å². The molecule has 3 rings (SSSR count). The third kappa shape index (κ3) is 5.71. The molecule has 26 heavy (non-hydrogen) atoms. The maximum absolute atomic E-state index is 12.4. The van der Waals surface area contributed by atoms with Crippen molar-refractivity contribution >= 4 is 29.9 Å². The van der Waals surface area contributed by atoms with Crippen molar-refractivity contribution in [2.24, 2.45) is 5.92 Å². The van der Waals surface area contributed by atoms with Crippen LogP contribution in [-0.2, 0) is 16.0 Å². The molecule has 0 unspecified atom stereocenters. The van der Waals surface area contributed by atoms with E-state index in [4.69, 9.17) is 0 Å². The van der Waals surface area contributed by atoms with E-state index < -0.39 is 0 Å². The number of benzene rings is 1. The van der Waals surface area contributed by atoms with Gasteiger partial charge in [-0.3, -0.25) is 9.59 Å². The Labute approximate surface area is 162 Å². The molecule has 144 valence electrons. The van der Waals surface area contributed by atoms with Crippen LogP contribution in [0.4, 0.5) is 5.69 Å². The molecule has 2 heterocycles. The summed E-state index contributed by atoms with van der Waals surface area (Å²) in [5.41, 5.74) is 1.98. The zero-order valence-electron chi connectivity index (χ0n) is 15.5. The van der Waals surface area contributed by atoms with E-state index in [1.54, 1.807) is 0 Å². The van der Waals surface area contributed by atoms with E-state index in [9.17, 15) is 9.59 Å². The Morgan fingerprint density at radius 1 is 1.19 bits per heavy atom. The van der Waals surface area contributed by atoms with Crippen LogP contribution in [0.1, 0.15) is 44.6 Å². The zero-order chi connectivity index (χ0) is 17.6. The average molecular weight is 380 g/mol. The normalized spacial score (nSPS) is 22.6. The first-order valence-corrected chi connectivity index (χ1v) is 9.53. The van der Waals surface area contributed by atoms with Crippen LogP contribution in [0.3, 0.4) is 0 Å². The van der Waals surface area contributed by atoms with Gasteiger partial charge in [-0.05, 0) is 63.3 Å². The van der Waals surface area contributed by atoms with Crippen LogP contribution in [0.15, 0.2) is 24.3 Å². The van der Waals surface area contributed by atoms with E-state index in [1.807, 2.05) is 29.2 Å². The molecule has 2 saturated heterocycles. The summed E-state index contributed by atoms with van der Waals surface area (Å²) >= 11 is 0. The number of halogens is 1. The number of likely N-dealkylation sites (tertiary alicyclic amines) is 1. The Balaban J connectivity index is 0.00000243. The highest BCUT2D eigenvalue weighted by Crippen LogP contribution is 2.19. The van der Waals surface area contributed by atoms with Crippen LogP contribution < -0.4 is 10.6 Å². The van der Waals surface area contributed by atoms with Gasteiger partial charge >= 0.3 is 0 Å². The van der Waals surface area contributed by atoms with E-state index in [2.05, 4.69) is 17.6 Å². The number of carbonyl (C=O) groups is 2. The summed E-state index contributed by atoms with van der Waals surface area (Å²) in [5, 5.41) is 6.40. The number of hydrogen-bond acceptors (Lipinski definition) is 3. The van der Waals surface area contributed by atoms with Crippen molar-refractivity contribution in [2.45, 2.75) is 51.5 Å². The van der Waals surface area contributed by atoms with Crippen LogP contribution in [-0.4, -0.2) is 42.4 Å². The van der Waals surface area contributed by atoms with Crippen LogP contribution in [0, 0.1) is 5.92 Å². The predicted molar refractivity (Wildman–Crippen MR) is 107 cm³/mol. The molecule has 2 amide bonds. The minimum atomic E-state index is 0. The lowest BCUT2D eigenvalue weighted by molar-refractivity contribution is -0.130. The van der Waals surface area contributed by atoms with Crippen molar-refractivity contribution in [3.05, 3.63) is 29.8 Å². The second-order valence-corrected chi connectivity index (χ2v) is 7.35. The fourth-order valence-electron chi connectivity index (χ4n) is 3.75. The Morgan fingerprint density at radius 3 is 2.54 bits per heavy atom. The molecule has 2 aliphatic rings. The summed E-state index contributed by atoms with van der Waals surface area (Å²) in [5.74, 6) is 0.467. The molecule has 0 saturated carbocycles. The number of carbonyl (C=O) groups excluding carboxylic acids is 2. The van der Waals surface area contributed by atoms with E-state index >= 15 is 0 Å². The maximum atomic E-state index is 12.4. The van der Waals surface area contributed by atoms with Crippen molar-refractivity contribution < 1.29 is 9.59 Å². The fraction of sp³-hybridized carbons (Fsp3) is 0.600. The largest absolute Gasteiger partial charge is 0.343 e. The van der Waals surface area contributed by atoms with Gasteiger partial charge < -0.3 is 15.5 Å². The van der Waals surface area contributed by atoms with Gasteiger partial charge in [-0.25, -0.2) is 0 Å².